The maximum absolute atomic E-state index is 12.7. The van der Waals surface area contributed by atoms with Gasteiger partial charge in [-0.3, -0.25) is 13.7 Å². The van der Waals surface area contributed by atoms with E-state index in [4.69, 9.17) is 10.5 Å². The summed E-state index contributed by atoms with van der Waals surface area (Å²) in [4.78, 5) is -3.41. The van der Waals surface area contributed by atoms with E-state index in [1.807, 2.05) is 13.8 Å². The minimum atomic E-state index is -5.07. The fourth-order valence-corrected chi connectivity index (χ4v) is 12.4. The van der Waals surface area contributed by atoms with Gasteiger partial charge in [-0.25, -0.2) is 18.9 Å². The van der Waals surface area contributed by atoms with Gasteiger partial charge >= 0.3 is 20.2 Å². The maximum atomic E-state index is 12.7. The third-order valence-electron chi connectivity index (χ3n) is 12.4. The first kappa shape index (κ1) is 52.4. The molecule has 22 nitrogen and oxygen atoms in total. The first-order chi connectivity index (χ1) is 32.0. The molecule has 6 aromatic rings. The molecule has 28 heteroatoms. The molecule has 0 unspecified atom stereocenters. The topological polar surface area (TPSA) is 354 Å². The van der Waals surface area contributed by atoms with E-state index in [1.165, 1.54) is 48.5 Å². The minimum absolute atomic E-state index is 0.0167. The van der Waals surface area contributed by atoms with Crippen LogP contribution >= 0.6 is 0 Å². The van der Waals surface area contributed by atoms with E-state index >= 15 is 0 Å². The van der Waals surface area contributed by atoms with E-state index in [0.717, 1.165) is 24.3 Å². The Labute approximate surface area is 401 Å². The second kappa shape index (κ2) is 17.1. The molecule has 2 aliphatic rings. The second-order valence-electron chi connectivity index (χ2n) is 17.0. The van der Waals surface area contributed by atoms with Gasteiger partial charge in [0.05, 0.1) is 20.6 Å². The van der Waals surface area contributed by atoms with Gasteiger partial charge in [-0.2, -0.15) is 51.2 Å². The summed E-state index contributed by atoms with van der Waals surface area (Å²) in [5.41, 5.74) is 2.12. The van der Waals surface area contributed by atoms with Crippen LogP contribution in [-0.4, -0.2) is 90.7 Å². The summed E-state index contributed by atoms with van der Waals surface area (Å²) < 4.78 is 195. The van der Waals surface area contributed by atoms with E-state index < -0.39 is 91.1 Å². The predicted molar refractivity (Wildman–Crippen MR) is 250 cm³/mol. The van der Waals surface area contributed by atoms with Crippen LogP contribution in [0.3, 0.4) is 0 Å². The number of rotatable bonds is 10. The molecule has 0 radical (unpaired) electrons. The molecule has 0 bridgehead atoms. The summed E-state index contributed by atoms with van der Waals surface area (Å²) in [6.07, 6.45) is 0. The molecule has 0 spiro atoms. The van der Waals surface area contributed by atoms with Crippen molar-refractivity contribution in [1.29, 1.82) is 0 Å². The van der Waals surface area contributed by atoms with Crippen LogP contribution in [0.15, 0.2) is 126 Å². The summed E-state index contributed by atoms with van der Waals surface area (Å²) in [6, 6.07) is 20.0. The molecule has 0 saturated heterocycles. The van der Waals surface area contributed by atoms with Gasteiger partial charge in [-0.05, 0) is 80.9 Å². The number of hydrogen-bond donors (Lipinski definition) is 5. The van der Waals surface area contributed by atoms with Crippen molar-refractivity contribution in [1.82, 2.24) is 9.15 Å². The Morgan fingerprint density at radius 1 is 0.457 bits per heavy atom. The van der Waals surface area contributed by atoms with Crippen LogP contribution in [0.4, 0.5) is 22.7 Å². The van der Waals surface area contributed by atoms with E-state index in [-0.39, 0.29) is 42.7 Å². The normalized spacial score (nSPS) is 16.1. The molecular weight excluding hydrogens is 1040 g/mol. The molecule has 0 aromatic heterocycles. The van der Waals surface area contributed by atoms with Crippen molar-refractivity contribution >= 4 is 116 Å². The third kappa shape index (κ3) is 8.97. The highest BCUT2D eigenvalue weighted by Crippen LogP contribution is 2.49. The Morgan fingerprint density at radius 2 is 0.914 bits per heavy atom. The van der Waals surface area contributed by atoms with Gasteiger partial charge in [0.2, 0.25) is 22.7 Å². The zero-order valence-electron chi connectivity index (χ0n) is 36.9. The lowest BCUT2D eigenvalue weighted by Gasteiger charge is -2.19. The lowest BCUT2D eigenvalue weighted by atomic mass is 9.80. The molecule has 0 saturated carbocycles. The fourth-order valence-electron chi connectivity index (χ4n) is 8.71. The van der Waals surface area contributed by atoms with E-state index in [9.17, 15) is 68.7 Å². The van der Waals surface area contributed by atoms with Crippen LogP contribution in [0.1, 0.15) is 52.7 Å². The summed E-state index contributed by atoms with van der Waals surface area (Å²) in [5.74, 6) is 0. The highest BCUT2D eigenvalue weighted by Gasteiger charge is 2.48. The van der Waals surface area contributed by atoms with Gasteiger partial charge in [0.15, 0.2) is 11.4 Å². The molecule has 0 aliphatic carbocycles. The summed E-state index contributed by atoms with van der Waals surface area (Å²) in [5, 5.41) is 18.2. The van der Waals surface area contributed by atoms with Crippen molar-refractivity contribution in [2.75, 3.05) is 0 Å². The number of nitrogens with zero attached hydrogens (tertiary/aromatic N) is 2. The molecule has 6 aromatic carbocycles. The Kier molecular flexibility index (Phi) is 12.8. The quantitative estimate of drug-likeness (QED) is 0.0464. The zero-order chi connectivity index (χ0) is 52.3. The van der Waals surface area contributed by atoms with Crippen LogP contribution in [0.25, 0.3) is 21.5 Å². The lowest BCUT2D eigenvalue weighted by molar-refractivity contribution is -0.130. The van der Waals surface area contributed by atoms with Crippen molar-refractivity contribution in [3.05, 3.63) is 108 Å². The van der Waals surface area contributed by atoms with Crippen molar-refractivity contribution in [2.24, 2.45) is 0 Å². The number of benzene rings is 6. The molecule has 0 atom stereocenters. The van der Waals surface area contributed by atoms with Gasteiger partial charge < -0.3 is 4.55 Å². The lowest BCUT2D eigenvalue weighted by Crippen LogP contribution is -2.26. The van der Waals surface area contributed by atoms with Crippen LogP contribution in [0.5, 0.6) is 0 Å². The van der Waals surface area contributed by atoms with Gasteiger partial charge in [0, 0.05) is 72.1 Å². The Morgan fingerprint density at radius 3 is 1.37 bits per heavy atom. The van der Waals surface area contributed by atoms with Gasteiger partial charge in [-0.15, -0.1) is 8.67 Å². The summed E-state index contributed by atoms with van der Waals surface area (Å²) in [7, 11) is -28.4. The molecule has 70 heavy (non-hydrogen) atoms. The molecule has 8 rings (SSSR count). The molecule has 0 amide bonds. The molecule has 2 aliphatic heterocycles. The fraction of sp³-hybridized carbons (Fsp3) is 0.190. The smallest absolute Gasteiger partial charge is 0.323 e. The predicted octanol–water partition coefficient (Wildman–Crippen LogP) is 5.85. The third-order valence-corrected chi connectivity index (χ3v) is 17.9. The molecule has 2 heterocycles. The Hall–Kier alpha value is -5.44. The van der Waals surface area contributed by atoms with Crippen molar-refractivity contribution in [2.45, 2.75) is 81.7 Å². The van der Waals surface area contributed by atoms with Crippen LogP contribution in [0, 0.1) is 0 Å². The van der Waals surface area contributed by atoms with E-state index in [1.54, 1.807) is 55.0 Å². The highest BCUT2D eigenvalue weighted by atomic mass is 32.2. The van der Waals surface area contributed by atoms with Crippen molar-refractivity contribution in [3.8, 4) is 0 Å². The SMILES string of the molecule is CC1=[N+](c2cccc(S(=O)(=O)O)c2)c2cc(S(=O)(=O)OO)c3cc(S(=O)(=O)OO)ccc3c2C1(C)C.CC1=[N+](c2cccc(S(=O)(=O)O)c2)c2ccc3c(S(=O)(=O)O)cc(S(=O)(=O)[O-])cc3c2C1(C)C. The van der Waals surface area contributed by atoms with Gasteiger partial charge in [0.1, 0.15) is 29.7 Å². The van der Waals surface area contributed by atoms with Gasteiger partial charge in [-0.1, -0.05) is 18.2 Å². The summed E-state index contributed by atoms with van der Waals surface area (Å²) >= 11 is 0. The second-order valence-corrected chi connectivity index (χ2v) is 25.6. The number of hydrogen-bond acceptors (Lipinski definition) is 17. The largest absolute Gasteiger partial charge is 0.744 e. The van der Waals surface area contributed by atoms with E-state index in [2.05, 4.69) is 8.67 Å². The maximum Gasteiger partial charge on any atom is 0.323 e. The van der Waals surface area contributed by atoms with E-state index in [0.29, 0.717) is 40.0 Å². The van der Waals surface area contributed by atoms with Crippen LogP contribution in [0.2, 0.25) is 0 Å². The molecule has 372 valence electrons. The molecule has 5 N–H and O–H groups in total. The van der Waals surface area contributed by atoms with Crippen molar-refractivity contribution in [3.63, 3.8) is 0 Å². The first-order valence-electron chi connectivity index (χ1n) is 19.8. The average molecular weight is 1080 g/mol. The minimum Gasteiger partial charge on any atom is -0.744 e. The molecule has 0 fully saturated rings. The zero-order valence-corrected chi connectivity index (χ0v) is 41.8. The Bertz CT molecular complexity index is 4070. The molecular formula is C42H39N2O20S6+. The highest BCUT2D eigenvalue weighted by molar-refractivity contribution is 7.87. The average Bonchev–Trinajstić information content (AvgIpc) is 3.61. The summed E-state index contributed by atoms with van der Waals surface area (Å²) in [6.45, 7) is 10.7. The van der Waals surface area contributed by atoms with Gasteiger partial charge in [0.25, 0.3) is 30.4 Å². The standard InChI is InChI=1S/C21H19NO11S3.C21H19NO9S3/c1-12-21(2,3)20-16-8-7-15(35(28,29)32-23)10-17(16)19(36(30,31)33-24)11-18(20)22(12)13-5-4-6-14(9-13)34(25,26)27;1-12-21(2,3)20-17-10-15(33(26,27)28)11-19(34(29,30)31)16(17)7-8-18(20)22(12)13-5-4-6-14(9-13)32(23,24)25/h4-11H,1-3H3,(H2-,23,24,25,26,27);4-11H,1-3H3,(H2-,23,24,25,26,27,28,29,30,31)/p+1. The number of fused-ring (bicyclic) bond motifs is 6. The first-order valence-corrected chi connectivity index (χ1v) is 28.3. The van der Waals surface area contributed by atoms with Crippen molar-refractivity contribution < 1.29 is 87.9 Å². The Balaban J connectivity index is 0.000000207. The monoisotopic (exact) mass is 1080 g/mol. The van der Waals surface area contributed by atoms with Crippen LogP contribution < -0.4 is 9.15 Å². The van der Waals surface area contributed by atoms with Crippen LogP contribution in [-0.2, 0) is 80.2 Å².